The quantitative estimate of drug-likeness (QED) is 0.758. The van der Waals surface area contributed by atoms with Crippen molar-refractivity contribution in [2.24, 2.45) is 15.2 Å². The molecule has 2 aromatic rings. The van der Waals surface area contributed by atoms with Crippen LogP contribution in [0.5, 0.6) is 0 Å². The van der Waals surface area contributed by atoms with E-state index in [9.17, 15) is 0 Å². The summed E-state index contributed by atoms with van der Waals surface area (Å²) in [5, 5.41) is 9.13. The third kappa shape index (κ3) is 2.04. The first-order valence-electron chi connectivity index (χ1n) is 7.07. The van der Waals surface area contributed by atoms with Gasteiger partial charge in [0.2, 0.25) is 0 Å². The lowest BCUT2D eigenvalue weighted by Crippen LogP contribution is -2.26. The second kappa shape index (κ2) is 5.07. The average molecular weight is 309 g/mol. The number of fused-ring (bicyclic) bond motifs is 3. The Morgan fingerprint density at radius 1 is 1.09 bits per heavy atom. The lowest BCUT2D eigenvalue weighted by Gasteiger charge is -2.23. The number of anilines is 1. The monoisotopic (exact) mass is 308 g/mol. The number of hydrogen-bond donors (Lipinski definition) is 0. The van der Waals surface area contributed by atoms with Gasteiger partial charge in [0, 0.05) is 16.1 Å². The summed E-state index contributed by atoms with van der Waals surface area (Å²) in [7, 11) is 0. The average Bonchev–Trinajstić information content (AvgIpc) is 2.82. The predicted octanol–water partition coefficient (Wildman–Crippen LogP) is 4.61. The van der Waals surface area contributed by atoms with Crippen LogP contribution in [-0.2, 0) is 0 Å². The van der Waals surface area contributed by atoms with Gasteiger partial charge >= 0.3 is 0 Å². The highest BCUT2D eigenvalue weighted by Gasteiger charge is 2.29. The molecule has 0 radical (unpaired) electrons. The maximum atomic E-state index is 6.22. The van der Waals surface area contributed by atoms with E-state index < -0.39 is 0 Å². The van der Waals surface area contributed by atoms with Crippen LogP contribution in [0.15, 0.2) is 75.8 Å². The first-order chi connectivity index (χ1) is 10.7. The molecule has 0 saturated heterocycles. The molecule has 2 aliphatic rings. The molecule has 0 bridgehead atoms. The van der Waals surface area contributed by atoms with E-state index in [1.165, 1.54) is 0 Å². The van der Waals surface area contributed by atoms with Crippen LogP contribution in [0.25, 0.3) is 0 Å². The fourth-order valence-electron chi connectivity index (χ4n) is 2.77. The van der Waals surface area contributed by atoms with Gasteiger partial charge in [0.05, 0.1) is 17.6 Å². The van der Waals surface area contributed by atoms with Crippen molar-refractivity contribution >= 4 is 23.0 Å². The molecule has 0 fully saturated rings. The second-order valence-electron chi connectivity index (χ2n) is 5.21. The SMILES string of the molecule is CC1N=NC2=CN=C(c3ccccc3)c3cc(Cl)ccc3N21. The fraction of sp³-hybridized carbons (Fsp3) is 0.118. The molecule has 108 valence electrons. The van der Waals surface area contributed by atoms with Crippen LogP contribution in [-0.4, -0.2) is 11.9 Å². The maximum absolute atomic E-state index is 6.22. The van der Waals surface area contributed by atoms with E-state index in [-0.39, 0.29) is 6.17 Å². The van der Waals surface area contributed by atoms with Crippen LogP contribution in [0.3, 0.4) is 0 Å². The van der Waals surface area contributed by atoms with Gasteiger partial charge in [-0.15, -0.1) is 5.11 Å². The predicted molar refractivity (Wildman–Crippen MR) is 88.4 cm³/mol. The van der Waals surface area contributed by atoms with Gasteiger partial charge in [-0.1, -0.05) is 41.9 Å². The molecule has 0 spiro atoms. The van der Waals surface area contributed by atoms with Gasteiger partial charge in [-0.25, -0.2) is 0 Å². The van der Waals surface area contributed by atoms with Crippen molar-refractivity contribution in [2.45, 2.75) is 13.1 Å². The standard InChI is InChI=1S/C17H13ClN4/c1-11-20-21-16-10-19-17(12-5-3-2-4-6-12)14-9-13(18)7-8-15(14)22(11)16/h2-11H,1H3. The number of halogens is 1. The van der Waals surface area contributed by atoms with Crippen molar-refractivity contribution < 1.29 is 0 Å². The molecular weight excluding hydrogens is 296 g/mol. The summed E-state index contributed by atoms with van der Waals surface area (Å²) in [6.07, 6.45) is 1.72. The molecule has 0 aliphatic carbocycles. The Bertz CT molecular complexity index is 824. The highest BCUT2D eigenvalue weighted by Crippen LogP contribution is 2.36. The van der Waals surface area contributed by atoms with Crippen molar-refractivity contribution in [3.8, 4) is 0 Å². The van der Waals surface area contributed by atoms with Gasteiger partial charge in [-0.05, 0) is 25.1 Å². The summed E-state index contributed by atoms with van der Waals surface area (Å²) >= 11 is 6.22. The van der Waals surface area contributed by atoms with E-state index in [2.05, 4.69) is 20.1 Å². The lowest BCUT2D eigenvalue weighted by atomic mass is 10.00. The molecule has 22 heavy (non-hydrogen) atoms. The highest BCUT2D eigenvalue weighted by atomic mass is 35.5. The second-order valence-corrected chi connectivity index (χ2v) is 5.65. The Morgan fingerprint density at radius 2 is 1.91 bits per heavy atom. The molecule has 1 unspecified atom stereocenters. The van der Waals surface area contributed by atoms with Gasteiger partial charge in [0.1, 0.15) is 6.17 Å². The summed E-state index contributed by atoms with van der Waals surface area (Å²) in [6.45, 7) is 2.01. The maximum Gasteiger partial charge on any atom is 0.175 e. The molecule has 0 aromatic heterocycles. The van der Waals surface area contributed by atoms with E-state index >= 15 is 0 Å². The minimum Gasteiger partial charge on any atom is -0.299 e. The van der Waals surface area contributed by atoms with Crippen molar-refractivity contribution in [3.05, 3.63) is 76.7 Å². The number of hydrogen-bond acceptors (Lipinski definition) is 4. The number of nitrogens with zero attached hydrogens (tertiary/aromatic N) is 4. The Hall–Kier alpha value is -2.46. The Kier molecular flexibility index (Phi) is 3.05. The van der Waals surface area contributed by atoms with Crippen molar-refractivity contribution in [1.82, 2.24) is 0 Å². The molecule has 2 aliphatic heterocycles. The minimum atomic E-state index is -0.0449. The van der Waals surface area contributed by atoms with Gasteiger partial charge in [0.15, 0.2) is 5.82 Å². The van der Waals surface area contributed by atoms with Crippen LogP contribution in [0.2, 0.25) is 5.02 Å². The van der Waals surface area contributed by atoms with Gasteiger partial charge in [-0.2, -0.15) is 5.11 Å². The number of rotatable bonds is 1. The zero-order valence-corrected chi connectivity index (χ0v) is 12.7. The van der Waals surface area contributed by atoms with Crippen LogP contribution in [0.4, 0.5) is 5.69 Å². The van der Waals surface area contributed by atoms with Crippen LogP contribution >= 0.6 is 11.6 Å². The lowest BCUT2D eigenvalue weighted by molar-refractivity contribution is 0.765. The van der Waals surface area contributed by atoms with Crippen molar-refractivity contribution in [1.29, 1.82) is 0 Å². The topological polar surface area (TPSA) is 40.3 Å². The van der Waals surface area contributed by atoms with Crippen LogP contribution in [0, 0.1) is 0 Å². The normalized spacial score (nSPS) is 19.2. The molecular formula is C17H13ClN4. The van der Waals surface area contributed by atoms with Crippen LogP contribution < -0.4 is 4.90 Å². The van der Waals surface area contributed by atoms with Gasteiger partial charge in [-0.3, -0.25) is 9.89 Å². The van der Waals surface area contributed by atoms with E-state index in [0.29, 0.717) is 5.02 Å². The molecule has 0 amide bonds. The van der Waals surface area contributed by atoms with Gasteiger partial charge < -0.3 is 0 Å². The van der Waals surface area contributed by atoms with E-state index in [1.54, 1.807) is 6.20 Å². The molecule has 0 saturated carbocycles. The Morgan fingerprint density at radius 3 is 2.73 bits per heavy atom. The first-order valence-corrected chi connectivity index (χ1v) is 7.45. The molecule has 5 heteroatoms. The highest BCUT2D eigenvalue weighted by molar-refractivity contribution is 6.31. The molecule has 2 heterocycles. The molecule has 1 atom stereocenters. The van der Waals surface area contributed by atoms with E-state index in [0.717, 1.165) is 28.3 Å². The minimum absolute atomic E-state index is 0.0449. The Balaban J connectivity index is 1.97. The Labute approximate surface area is 133 Å². The summed E-state index contributed by atoms with van der Waals surface area (Å²) in [6, 6.07) is 15.9. The summed E-state index contributed by atoms with van der Waals surface area (Å²) in [5.74, 6) is 0.752. The van der Waals surface area contributed by atoms with Crippen molar-refractivity contribution in [3.63, 3.8) is 0 Å². The first kappa shape index (κ1) is 13.2. The third-order valence-electron chi connectivity index (χ3n) is 3.78. The van der Waals surface area contributed by atoms with Crippen LogP contribution in [0.1, 0.15) is 18.1 Å². The number of azo groups is 1. The zero-order chi connectivity index (χ0) is 15.1. The van der Waals surface area contributed by atoms with Gasteiger partial charge in [0.25, 0.3) is 0 Å². The summed E-state index contributed by atoms with van der Waals surface area (Å²) in [4.78, 5) is 6.73. The molecule has 2 aromatic carbocycles. The number of aliphatic imine (C=N–C) groups is 1. The fourth-order valence-corrected chi connectivity index (χ4v) is 2.94. The van der Waals surface area contributed by atoms with E-state index in [1.807, 2.05) is 55.5 Å². The molecule has 4 nitrogen and oxygen atoms in total. The summed E-state index contributed by atoms with van der Waals surface area (Å²) in [5.41, 5.74) is 3.95. The van der Waals surface area contributed by atoms with E-state index in [4.69, 9.17) is 11.6 Å². The molecule has 0 N–H and O–H groups in total. The molecule has 4 rings (SSSR count). The summed E-state index contributed by atoms with van der Waals surface area (Å²) < 4.78 is 0. The zero-order valence-electron chi connectivity index (χ0n) is 11.9. The third-order valence-corrected chi connectivity index (χ3v) is 4.01. The van der Waals surface area contributed by atoms with Crippen molar-refractivity contribution in [2.75, 3.05) is 4.90 Å². The largest absolute Gasteiger partial charge is 0.299 e. The number of benzene rings is 2. The smallest absolute Gasteiger partial charge is 0.175 e.